The second-order valence-electron chi connectivity index (χ2n) is 8.41. The standard InChI is InChI=1S/2C9H20O4.2C4H10O/c2*1-7(11)5-12-9(3)6-13-8(2)4-10;1-3-4-5-2;1-3-5-4-2/h2*7-11H,4-6H2,1-3H3;2*3-4H2,1-2H3. The Balaban J connectivity index is -0.000000208. The molecule has 0 aromatic heterocycles. The summed E-state index contributed by atoms with van der Waals surface area (Å²) in [5.74, 6) is 0. The van der Waals surface area contributed by atoms with Crippen molar-refractivity contribution in [1.29, 1.82) is 0 Å². The Hall–Kier alpha value is -0.400. The van der Waals surface area contributed by atoms with E-state index in [1.165, 1.54) is 0 Å². The van der Waals surface area contributed by atoms with Gasteiger partial charge in [-0.3, -0.25) is 0 Å². The van der Waals surface area contributed by atoms with Crippen LogP contribution in [0.1, 0.15) is 68.7 Å². The van der Waals surface area contributed by atoms with Gasteiger partial charge >= 0.3 is 0 Å². The van der Waals surface area contributed by atoms with E-state index in [9.17, 15) is 0 Å². The molecule has 0 radical (unpaired) electrons. The predicted molar refractivity (Wildman–Crippen MR) is 144 cm³/mol. The summed E-state index contributed by atoms with van der Waals surface area (Å²) in [4.78, 5) is 0. The van der Waals surface area contributed by atoms with Crippen molar-refractivity contribution in [2.45, 2.75) is 105 Å². The van der Waals surface area contributed by atoms with E-state index < -0.39 is 12.2 Å². The van der Waals surface area contributed by atoms with Crippen molar-refractivity contribution in [3.63, 3.8) is 0 Å². The molecule has 10 heteroatoms. The smallest absolute Gasteiger partial charge is 0.0781 e. The summed E-state index contributed by atoms with van der Waals surface area (Å²) in [6, 6.07) is 0. The predicted octanol–water partition coefficient (Wildman–Crippen LogP) is 2.43. The Labute approximate surface area is 221 Å². The summed E-state index contributed by atoms with van der Waals surface area (Å²) < 4.78 is 30.5. The van der Waals surface area contributed by atoms with E-state index in [2.05, 4.69) is 6.92 Å². The number of hydrogen-bond donors (Lipinski definition) is 4. The fourth-order valence-corrected chi connectivity index (χ4v) is 1.82. The minimum atomic E-state index is -0.447. The lowest BCUT2D eigenvalue weighted by atomic mass is 10.4. The molecule has 0 aromatic rings. The third kappa shape index (κ3) is 46.9. The van der Waals surface area contributed by atoms with Gasteiger partial charge in [0.2, 0.25) is 0 Å². The van der Waals surface area contributed by atoms with Crippen molar-refractivity contribution >= 4 is 0 Å². The lowest BCUT2D eigenvalue weighted by Gasteiger charge is -2.16. The quantitative estimate of drug-likeness (QED) is 0.208. The molecular weight excluding hydrogens is 472 g/mol. The van der Waals surface area contributed by atoms with Crippen LogP contribution >= 0.6 is 0 Å². The first-order valence-corrected chi connectivity index (χ1v) is 13.1. The summed E-state index contributed by atoms with van der Waals surface area (Å²) in [6.07, 6.45) is -0.186. The van der Waals surface area contributed by atoms with E-state index in [4.69, 9.17) is 48.8 Å². The van der Waals surface area contributed by atoms with Crippen LogP contribution in [-0.4, -0.2) is 124 Å². The van der Waals surface area contributed by atoms with Gasteiger partial charge in [0.1, 0.15) is 0 Å². The van der Waals surface area contributed by atoms with Crippen LogP contribution in [0.15, 0.2) is 0 Å². The molecule has 0 aromatic carbocycles. The van der Waals surface area contributed by atoms with Crippen molar-refractivity contribution in [1.82, 2.24) is 0 Å². The number of ether oxygens (including phenoxy) is 6. The van der Waals surface area contributed by atoms with Crippen LogP contribution in [-0.2, 0) is 28.4 Å². The molecule has 0 spiro atoms. The molecule has 0 aliphatic carbocycles. The average molecular weight is 533 g/mol. The first-order valence-electron chi connectivity index (χ1n) is 13.1. The van der Waals surface area contributed by atoms with Gasteiger partial charge in [-0.25, -0.2) is 0 Å². The van der Waals surface area contributed by atoms with Crippen LogP contribution < -0.4 is 0 Å². The molecule has 10 nitrogen and oxygen atoms in total. The number of hydrogen-bond acceptors (Lipinski definition) is 10. The number of methoxy groups -OCH3 is 1. The van der Waals surface area contributed by atoms with E-state index in [0.29, 0.717) is 26.4 Å². The van der Waals surface area contributed by atoms with E-state index in [-0.39, 0.29) is 37.6 Å². The molecule has 0 aliphatic rings. The molecule has 0 amide bonds. The van der Waals surface area contributed by atoms with Crippen LogP contribution in [0.2, 0.25) is 0 Å². The number of aliphatic hydroxyl groups is 4. The highest BCUT2D eigenvalue weighted by atomic mass is 16.6. The Kier molecular flexibility index (Phi) is 41.0. The Morgan fingerprint density at radius 1 is 0.556 bits per heavy atom. The van der Waals surface area contributed by atoms with Gasteiger partial charge in [-0.1, -0.05) is 6.92 Å². The second-order valence-corrected chi connectivity index (χ2v) is 8.41. The molecule has 224 valence electrons. The number of aliphatic hydroxyl groups excluding tert-OH is 4. The van der Waals surface area contributed by atoms with Gasteiger partial charge in [0.15, 0.2) is 0 Å². The molecule has 0 fully saturated rings. The van der Waals surface area contributed by atoms with Crippen LogP contribution in [0.3, 0.4) is 0 Å². The summed E-state index contributed by atoms with van der Waals surface area (Å²) in [5, 5.41) is 35.2. The lowest BCUT2D eigenvalue weighted by Crippen LogP contribution is -2.24. The van der Waals surface area contributed by atoms with Crippen LogP contribution in [0.5, 0.6) is 0 Å². The lowest BCUT2D eigenvalue weighted by molar-refractivity contribution is -0.0620. The molecule has 0 rings (SSSR count). The van der Waals surface area contributed by atoms with Gasteiger partial charge in [-0.05, 0) is 61.8 Å². The van der Waals surface area contributed by atoms with Crippen molar-refractivity contribution in [3.8, 4) is 0 Å². The SMILES string of the molecule is CC(O)COC(C)COC(C)CO.CC(O)COC(C)COC(C)CO.CCCOC.CCOCC. The fraction of sp³-hybridized carbons (Fsp3) is 1.00. The van der Waals surface area contributed by atoms with Crippen LogP contribution in [0.25, 0.3) is 0 Å². The minimum Gasteiger partial charge on any atom is -0.394 e. The first kappa shape index (κ1) is 42.7. The molecule has 0 saturated heterocycles. The maximum Gasteiger partial charge on any atom is 0.0781 e. The van der Waals surface area contributed by atoms with Crippen molar-refractivity contribution < 1.29 is 48.8 Å². The van der Waals surface area contributed by atoms with E-state index in [1.54, 1.807) is 34.8 Å². The highest BCUT2D eigenvalue weighted by Gasteiger charge is 2.08. The molecule has 0 saturated carbocycles. The van der Waals surface area contributed by atoms with Gasteiger partial charge in [0.05, 0.1) is 76.3 Å². The largest absolute Gasteiger partial charge is 0.394 e. The zero-order valence-corrected chi connectivity index (χ0v) is 24.8. The Morgan fingerprint density at radius 3 is 1.06 bits per heavy atom. The monoisotopic (exact) mass is 532 g/mol. The van der Waals surface area contributed by atoms with Gasteiger partial charge in [0.25, 0.3) is 0 Å². The van der Waals surface area contributed by atoms with Gasteiger partial charge in [-0.15, -0.1) is 0 Å². The zero-order chi connectivity index (χ0) is 28.8. The highest BCUT2D eigenvalue weighted by molar-refractivity contribution is 4.54. The van der Waals surface area contributed by atoms with Crippen molar-refractivity contribution in [2.24, 2.45) is 0 Å². The Morgan fingerprint density at radius 2 is 0.889 bits per heavy atom. The van der Waals surface area contributed by atoms with Crippen molar-refractivity contribution in [2.75, 3.05) is 66.6 Å². The normalized spacial score (nSPS) is 15.5. The molecule has 36 heavy (non-hydrogen) atoms. The van der Waals surface area contributed by atoms with E-state index in [0.717, 1.165) is 26.2 Å². The van der Waals surface area contributed by atoms with E-state index in [1.807, 2.05) is 27.7 Å². The number of rotatable bonds is 18. The topological polar surface area (TPSA) is 136 Å². The summed E-state index contributed by atoms with van der Waals surface area (Å²) in [5.41, 5.74) is 0. The highest BCUT2D eigenvalue weighted by Crippen LogP contribution is 1.98. The summed E-state index contributed by atoms with van der Waals surface area (Å²) >= 11 is 0. The molecule has 4 N–H and O–H groups in total. The minimum absolute atomic E-state index is 0.0170. The van der Waals surface area contributed by atoms with Crippen LogP contribution in [0.4, 0.5) is 0 Å². The average Bonchev–Trinajstić information content (AvgIpc) is 2.85. The third-order valence-electron chi connectivity index (χ3n) is 3.81. The van der Waals surface area contributed by atoms with Gasteiger partial charge in [0, 0.05) is 26.9 Å². The third-order valence-corrected chi connectivity index (χ3v) is 3.81. The van der Waals surface area contributed by atoms with Gasteiger partial charge in [-0.2, -0.15) is 0 Å². The van der Waals surface area contributed by atoms with Gasteiger partial charge < -0.3 is 48.8 Å². The Bertz CT molecular complexity index is 335. The molecule has 0 aliphatic heterocycles. The zero-order valence-electron chi connectivity index (χ0n) is 24.8. The van der Waals surface area contributed by atoms with Crippen LogP contribution in [0, 0.1) is 0 Å². The molecule has 0 bridgehead atoms. The molecule has 6 unspecified atom stereocenters. The molecular formula is C26H60O10. The molecule has 6 atom stereocenters. The van der Waals surface area contributed by atoms with Crippen molar-refractivity contribution in [3.05, 3.63) is 0 Å². The summed E-state index contributed by atoms with van der Waals surface area (Å²) in [6.45, 7) is 20.9. The molecule has 0 heterocycles. The fourth-order valence-electron chi connectivity index (χ4n) is 1.82. The second kappa shape index (κ2) is 34.6. The summed E-state index contributed by atoms with van der Waals surface area (Å²) in [7, 11) is 1.71. The maximum absolute atomic E-state index is 8.92. The first-order chi connectivity index (χ1) is 16.9. The van der Waals surface area contributed by atoms with E-state index >= 15 is 0 Å². The maximum atomic E-state index is 8.92.